The lowest BCUT2D eigenvalue weighted by atomic mass is 9.88. The molecule has 0 aliphatic carbocycles. The van der Waals surface area contributed by atoms with Crippen molar-refractivity contribution in [1.29, 1.82) is 0 Å². The number of carbonyl (C=O) groups excluding carboxylic acids is 3. The number of nitrogens with zero attached hydrogens (tertiary/aromatic N) is 3. The molecule has 0 saturated carbocycles. The lowest BCUT2D eigenvalue weighted by molar-refractivity contribution is -0.169. The number of ether oxygens (including phenoxy) is 1. The van der Waals surface area contributed by atoms with Crippen molar-refractivity contribution in [1.82, 2.24) is 20.0 Å². The van der Waals surface area contributed by atoms with Gasteiger partial charge in [-0.25, -0.2) is 4.79 Å². The van der Waals surface area contributed by atoms with E-state index in [1.807, 2.05) is 30.3 Å². The fraction of sp³-hybridized carbons (Fsp3) is 0.500. The third kappa shape index (κ3) is 6.66. The number of amides is 3. The van der Waals surface area contributed by atoms with Gasteiger partial charge in [0.05, 0.1) is 12.1 Å². The summed E-state index contributed by atoms with van der Waals surface area (Å²) in [4.78, 5) is 45.2. The van der Waals surface area contributed by atoms with Crippen molar-refractivity contribution in [2.75, 3.05) is 26.2 Å². The molecule has 3 saturated heterocycles. The van der Waals surface area contributed by atoms with Gasteiger partial charge in [-0.2, -0.15) is 13.2 Å². The van der Waals surface area contributed by atoms with E-state index < -0.39 is 30.0 Å². The molecule has 1 N–H and O–H groups in total. The summed E-state index contributed by atoms with van der Waals surface area (Å²) in [6.45, 7) is 3.49. The van der Waals surface area contributed by atoms with Gasteiger partial charge >= 0.3 is 12.3 Å². The first-order valence-electron chi connectivity index (χ1n) is 14.1. The van der Waals surface area contributed by atoms with Crippen LogP contribution in [0.5, 0.6) is 0 Å². The monoisotopic (exact) mass is 572 g/mol. The van der Waals surface area contributed by atoms with Crippen LogP contribution in [0, 0.1) is 12.8 Å². The maximum absolute atomic E-state index is 13.8. The van der Waals surface area contributed by atoms with Crippen molar-refractivity contribution < 1.29 is 32.3 Å². The number of nitrogens with one attached hydrogen (secondary N) is 1. The Morgan fingerprint density at radius 2 is 1.78 bits per heavy atom. The van der Waals surface area contributed by atoms with Gasteiger partial charge < -0.3 is 19.9 Å². The largest absolute Gasteiger partial charge is 0.444 e. The number of hydrogen-bond acceptors (Lipinski definition) is 5. The maximum Gasteiger partial charge on any atom is 0.416 e. The standard InChI is InChI=1S/C30H35F3N4O4/c1-20-13-23(15-24(14-20)30(31,32)33)19-41-29(40)36-12-9-27(38)37-25(16-21-7-10-34-11-8-21)28(39)35(18-26(36)37)17-22-5-3-2-4-6-22/h2-6,13-15,21,25-26,34H,7-12,16-19H2,1H3. The fourth-order valence-corrected chi connectivity index (χ4v) is 6.14. The number of halogens is 3. The fourth-order valence-electron chi connectivity index (χ4n) is 6.14. The number of alkyl halides is 3. The molecule has 2 aromatic carbocycles. The van der Waals surface area contributed by atoms with Crippen LogP contribution >= 0.6 is 0 Å². The van der Waals surface area contributed by atoms with E-state index >= 15 is 0 Å². The lowest BCUT2D eigenvalue weighted by Gasteiger charge is -2.52. The molecular weight excluding hydrogens is 537 g/mol. The van der Waals surface area contributed by atoms with E-state index in [4.69, 9.17) is 4.74 Å². The average molecular weight is 573 g/mol. The smallest absolute Gasteiger partial charge is 0.416 e. The Hall–Kier alpha value is -3.60. The van der Waals surface area contributed by atoms with Crippen LogP contribution in [0.15, 0.2) is 48.5 Å². The number of hydrogen-bond donors (Lipinski definition) is 1. The molecule has 5 rings (SSSR count). The van der Waals surface area contributed by atoms with Crippen LogP contribution in [-0.4, -0.2) is 71.0 Å². The highest BCUT2D eigenvalue weighted by molar-refractivity contribution is 5.90. The van der Waals surface area contributed by atoms with Gasteiger partial charge in [0, 0.05) is 19.5 Å². The first kappa shape index (κ1) is 28.9. The zero-order chi connectivity index (χ0) is 29.1. The summed E-state index contributed by atoms with van der Waals surface area (Å²) in [5.74, 6) is -0.0485. The molecule has 2 unspecified atom stereocenters. The molecule has 0 bridgehead atoms. The normalized spacial score (nSPS) is 22.1. The summed E-state index contributed by atoms with van der Waals surface area (Å²) in [6.07, 6.45) is -3.60. The third-order valence-corrected chi connectivity index (χ3v) is 8.14. The Balaban J connectivity index is 1.37. The molecule has 0 radical (unpaired) electrons. The highest BCUT2D eigenvalue weighted by atomic mass is 19.4. The summed E-state index contributed by atoms with van der Waals surface area (Å²) in [5, 5.41) is 3.33. The highest BCUT2D eigenvalue weighted by Crippen LogP contribution is 2.33. The highest BCUT2D eigenvalue weighted by Gasteiger charge is 2.49. The third-order valence-electron chi connectivity index (χ3n) is 8.14. The average Bonchev–Trinajstić information content (AvgIpc) is 2.94. The molecule has 0 spiro atoms. The van der Waals surface area contributed by atoms with Gasteiger partial charge in [-0.1, -0.05) is 42.0 Å². The second kappa shape index (κ2) is 12.1. The van der Waals surface area contributed by atoms with Gasteiger partial charge in [-0.3, -0.25) is 14.5 Å². The van der Waals surface area contributed by atoms with Crippen molar-refractivity contribution in [3.8, 4) is 0 Å². The summed E-state index contributed by atoms with van der Waals surface area (Å²) in [7, 11) is 0. The second-order valence-electron chi connectivity index (χ2n) is 11.1. The van der Waals surface area contributed by atoms with Crippen molar-refractivity contribution in [3.63, 3.8) is 0 Å². The van der Waals surface area contributed by atoms with Crippen LogP contribution in [0.4, 0.5) is 18.0 Å². The number of fused-ring (bicyclic) bond motifs is 1. The molecule has 3 aliphatic rings. The minimum atomic E-state index is -4.52. The number of carbonyl (C=O) groups is 3. The van der Waals surface area contributed by atoms with E-state index in [9.17, 15) is 27.6 Å². The molecule has 3 heterocycles. The van der Waals surface area contributed by atoms with E-state index in [0.717, 1.165) is 43.6 Å². The van der Waals surface area contributed by atoms with Crippen LogP contribution in [0.3, 0.4) is 0 Å². The first-order chi connectivity index (χ1) is 19.6. The molecule has 2 atom stereocenters. The minimum absolute atomic E-state index is 0.0446. The SMILES string of the molecule is Cc1cc(COC(=O)N2CCC(=O)N3C(CC4CCNCC4)C(=O)N(Cc4ccccc4)CC23)cc(C(F)(F)F)c1. The molecule has 11 heteroatoms. The number of piperazine rings is 1. The zero-order valence-corrected chi connectivity index (χ0v) is 23.0. The van der Waals surface area contributed by atoms with Crippen LogP contribution in [-0.2, 0) is 33.7 Å². The predicted molar refractivity (Wildman–Crippen MR) is 144 cm³/mol. The first-order valence-corrected chi connectivity index (χ1v) is 14.1. The van der Waals surface area contributed by atoms with E-state index in [2.05, 4.69) is 5.32 Å². The van der Waals surface area contributed by atoms with Gasteiger partial charge in [-0.05, 0) is 68.5 Å². The van der Waals surface area contributed by atoms with E-state index in [1.165, 1.54) is 4.90 Å². The molecule has 2 aromatic rings. The topological polar surface area (TPSA) is 82.2 Å². The molecule has 8 nitrogen and oxygen atoms in total. The summed E-state index contributed by atoms with van der Waals surface area (Å²) >= 11 is 0. The molecule has 220 valence electrons. The van der Waals surface area contributed by atoms with Gasteiger partial charge in [-0.15, -0.1) is 0 Å². The molecule has 3 fully saturated rings. The van der Waals surface area contributed by atoms with Crippen LogP contribution in [0.25, 0.3) is 0 Å². The minimum Gasteiger partial charge on any atom is -0.444 e. The van der Waals surface area contributed by atoms with E-state index in [-0.39, 0.29) is 49.4 Å². The molecule has 3 aliphatic heterocycles. The number of rotatable bonds is 6. The zero-order valence-electron chi connectivity index (χ0n) is 23.0. The Kier molecular flexibility index (Phi) is 8.53. The molecule has 3 amide bonds. The second-order valence-corrected chi connectivity index (χ2v) is 11.1. The number of benzene rings is 2. The van der Waals surface area contributed by atoms with Gasteiger partial charge in [0.15, 0.2) is 0 Å². The van der Waals surface area contributed by atoms with Crippen molar-refractivity contribution >= 4 is 17.9 Å². The number of aryl methyl sites for hydroxylation is 1. The Bertz CT molecular complexity index is 1270. The van der Waals surface area contributed by atoms with Gasteiger partial charge in [0.1, 0.15) is 18.8 Å². The summed E-state index contributed by atoms with van der Waals surface area (Å²) in [6, 6.07) is 12.4. The van der Waals surface area contributed by atoms with E-state index in [1.54, 1.807) is 22.8 Å². The maximum atomic E-state index is 13.8. The Morgan fingerprint density at radius 3 is 2.49 bits per heavy atom. The quantitative estimate of drug-likeness (QED) is 0.558. The van der Waals surface area contributed by atoms with E-state index in [0.29, 0.717) is 18.5 Å². The predicted octanol–water partition coefficient (Wildman–Crippen LogP) is 4.31. The number of piperidine rings is 1. The Labute approximate surface area is 237 Å². The van der Waals surface area contributed by atoms with Gasteiger partial charge in [0.2, 0.25) is 11.8 Å². The molecule has 0 aromatic heterocycles. The summed E-state index contributed by atoms with van der Waals surface area (Å²) in [5.41, 5.74) is 0.764. The molecule has 41 heavy (non-hydrogen) atoms. The van der Waals surface area contributed by atoms with Crippen molar-refractivity contribution in [2.24, 2.45) is 5.92 Å². The van der Waals surface area contributed by atoms with Gasteiger partial charge in [0.25, 0.3) is 0 Å². The van der Waals surface area contributed by atoms with Crippen LogP contribution in [0.2, 0.25) is 0 Å². The lowest BCUT2D eigenvalue weighted by Crippen LogP contribution is -2.71. The van der Waals surface area contributed by atoms with Crippen molar-refractivity contribution in [2.45, 2.75) is 64.1 Å². The van der Waals surface area contributed by atoms with Crippen LogP contribution < -0.4 is 5.32 Å². The molecular formula is C30H35F3N4O4. The summed E-state index contributed by atoms with van der Waals surface area (Å²) < 4.78 is 45.4. The Morgan fingerprint density at radius 1 is 1.05 bits per heavy atom. The van der Waals surface area contributed by atoms with Crippen molar-refractivity contribution in [3.05, 3.63) is 70.8 Å². The van der Waals surface area contributed by atoms with Crippen LogP contribution in [0.1, 0.15) is 47.9 Å².